The van der Waals surface area contributed by atoms with Crippen molar-refractivity contribution < 1.29 is 0 Å². The van der Waals surface area contributed by atoms with Gasteiger partial charge in [-0.05, 0) is 13.3 Å². The lowest BCUT2D eigenvalue weighted by atomic mass is 10.0. The van der Waals surface area contributed by atoms with Crippen molar-refractivity contribution in [1.82, 2.24) is 10.4 Å². The highest BCUT2D eigenvalue weighted by Gasteiger charge is 2.19. The van der Waals surface area contributed by atoms with Gasteiger partial charge >= 0.3 is 0 Å². The van der Waals surface area contributed by atoms with Gasteiger partial charge in [0.25, 0.3) is 0 Å². The molecule has 1 unspecified atom stereocenters. The van der Waals surface area contributed by atoms with Crippen molar-refractivity contribution in [3.05, 3.63) is 0 Å². The molecule has 0 rings (SSSR count). The van der Waals surface area contributed by atoms with Crippen LogP contribution in [-0.2, 0) is 0 Å². The first-order chi connectivity index (χ1) is 4.54. The molecule has 3 N–H and O–H groups in total. The zero-order valence-corrected chi connectivity index (χ0v) is 7.44. The Balaban J connectivity index is 3.80. The molecule has 0 fully saturated rings. The summed E-state index contributed by atoms with van der Waals surface area (Å²) in [5.41, 5.74) is 8.90. The van der Waals surface area contributed by atoms with E-state index in [4.69, 9.17) is 5.73 Å². The fourth-order valence-electron chi connectivity index (χ4n) is 0.809. The molecule has 0 radical (unpaired) electrons. The number of nitrogens with two attached hydrogens (primary N) is 1. The van der Waals surface area contributed by atoms with Gasteiger partial charge in [0, 0.05) is 26.2 Å². The lowest BCUT2D eigenvalue weighted by Gasteiger charge is -2.31. The second kappa shape index (κ2) is 3.91. The van der Waals surface area contributed by atoms with Crippen LogP contribution in [0.2, 0.25) is 0 Å². The molecule has 1 atom stereocenters. The molecule has 0 aromatic rings. The molecular formula is C7H19N3. The topological polar surface area (TPSA) is 41.3 Å². The Hall–Kier alpha value is -0.120. The Morgan fingerprint density at radius 1 is 1.50 bits per heavy atom. The number of nitrogens with zero attached hydrogens (tertiary/aromatic N) is 1. The van der Waals surface area contributed by atoms with E-state index in [1.165, 1.54) is 0 Å². The molecule has 10 heavy (non-hydrogen) atoms. The van der Waals surface area contributed by atoms with Gasteiger partial charge in [0.15, 0.2) is 0 Å². The fourth-order valence-corrected chi connectivity index (χ4v) is 0.809. The minimum absolute atomic E-state index is 0.0590. The van der Waals surface area contributed by atoms with Crippen LogP contribution in [0.4, 0.5) is 0 Å². The van der Waals surface area contributed by atoms with E-state index in [1.807, 2.05) is 19.1 Å². The Bertz CT molecular complexity index is 86.9. The number of hydrogen-bond acceptors (Lipinski definition) is 3. The average Bonchev–Trinajstić information content (AvgIpc) is 1.87. The van der Waals surface area contributed by atoms with Gasteiger partial charge in [-0.3, -0.25) is 5.01 Å². The zero-order chi connectivity index (χ0) is 8.20. The van der Waals surface area contributed by atoms with Crippen molar-refractivity contribution in [1.29, 1.82) is 0 Å². The molecule has 0 aliphatic rings. The largest absolute Gasteiger partial charge is 0.329 e. The highest BCUT2D eigenvalue weighted by molar-refractivity contribution is 4.79. The van der Waals surface area contributed by atoms with Gasteiger partial charge in [0.05, 0.1) is 0 Å². The average molecular weight is 145 g/mol. The summed E-state index contributed by atoms with van der Waals surface area (Å²) >= 11 is 0. The molecule has 0 aliphatic carbocycles. The Kier molecular flexibility index (Phi) is 3.86. The molecule has 0 aromatic carbocycles. The van der Waals surface area contributed by atoms with Gasteiger partial charge in [0.1, 0.15) is 0 Å². The SMILES string of the molecule is CCC(C)(CN)NN(C)C. The minimum Gasteiger partial charge on any atom is -0.329 e. The van der Waals surface area contributed by atoms with E-state index in [-0.39, 0.29) is 5.54 Å². The monoisotopic (exact) mass is 145 g/mol. The molecule has 0 bridgehead atoms. The first-order valence-corrected chi connectivity index (χ1v) is 3.69. The summed E-state index contributed by atoms with van der Waals surface area (Å²) in [5, 5.41) is 1.94. The second-order valence-electron chi connectivity index (χ2n) is 3.12. The second-order valence-corrected chi connectivity index (χ2v) is 3.12. The van der Waals surface area contributed by atoms with Crippen LogP contribution in [0.5, 0.6) is 0 Å². The predicted octanol–water partition coefficient (Wildman–Crippen LogP) is 0.180. The van der Waals surface area contributed by atoms with Crippen molar-refractivity contribution >= 4 is 0 Å². The molecule has 62 valence electrons. The number of hydrogen-bond donors (Lipinski definition) is 2. The lowest BCUT2D eigenvalue weighted by Crippen LogP contribution is -2.53. The van der Waals surface area contributed by atoms with Gasteiger partial charge in [0.2, 0.25) is 0 Å². The summed E-state index contributed by atoms with van der Waals surface area (Å²) in [4.78, 5) is 0. The molecule has 0 amide bonds. The third kappa shape index (κ3) is 3.15. The van der Waals surface area contributed by atoms with Crippen LogP contribution < -0.4 is 11.2 Å². The summed E-state index contributed by atoms with van der Waals surface area (Å²) in [5.74, 6) is 0. The van der Waals surface area contributed by atoms with Gasteiger partial charge in [-0.15, -0.1) is 0 Å². The van der Waals surface area contributed by atoms with Gasteiger partial charge in [-0.25, -0.2) is 5.43 Å². The van der Waals surface area contributed by atoms with Crippen molar-refractivity contribution in [3.8, 4) is 0 Å². The maximum absolute atomic E-state index is 5.58. The molecule has 3 heteroatoms. The standard InChI is InChI=1S/C7H19N3/c1-5-7(2,6-8)9-10(3)4/h9H,5-6,8H2,1-4H3. The van der Waals surface area contributed by atoms with Crippen molar-refractivity contribution in [2.75, 3.05) is 20.6 Å². The van der Waals surface area contributed by atoms with Gasteiger partial charge in [-0.2, -0.15) is 0 Å². The summed E-state index contributed by atoms with van der Waals surface area (Å²) in [7, 11) is 3.95. The quantitative estimate of drug-likeness (QED) is 0.554. The highest BCUT2D eigenvalue weighted by Crippen LogP contribution is 2.05. The smallest absolute Gasteiger partial charge is 0.0417 e. The maximum Gasteiger partial charge on any atom is 0.0417 e. The number of nitrogens with one attached hydrogen (secondary N) is 1. The first kappa shape index (κ1) is 9.88. The van der Waals surface area contributed by atoms with Crippen LogP contribution in [0.15, 0.2) is 0 Å². The molecule has 0 saturated carbocycles. The van der Waals surface area contributed by atoms with Gasteiger partial charge in [-0.1, -0.05) is 6.92 Å². The first-order valence-electron chi connectivity index (χ1n) is 3.69. The summed E-state index contributed by atoms with van der Waals surface area (Å²) < 4.78 is 0. The number of hydrazine groups is 1. The van der Waals surface area contributed by atoms with E-state index in [0.717, 1.165) is 6.42 Å². The van der Waals surface area contributed by atoms with E-state index in [2.05, 4.69) is 19.3 Å². The molecule has 0 saturated heterocycles. The van der Waals surface area contributed by atoms with E-state index in [1.54, 1.807) is 0 Å². The minimum atomic E-state index is 0.0590. The third-order valence-corrected chi connectivity index (χ3v) is 1.72. The number of rotatable bonds is 4. The van der Waals surface area contributed by atoms with Crippen molar-refractivity contribution in [2.24, 2.45) is 5.73 Å². The van der Waals surface area contributed by atoms with E-state index in [9.17, 15) is 0 Å². The van der Waals surface area contributed by atoms with Crippen molar-refractivity contribution in [3.63, 3.8) is 0 Å². The van der Waals surface area contributed by atoms with Crippen LogP contribution in [-0.4, -0.2) is 31.2 Å². The fraction of sp³-hybridized carbons (Fsp3) is 1.00. The normalized spacial score (nSPS) is 17.4. The van der Waals surface area contributed by atoms with Crippen LogP contribution in [0.1, 0.15) is 20.3 Å². The summed E-state index contributed by atoms with van der Waals surface area (Å²) in [6.45, 7) is 4.91. The Morgan fingerprint density at radius 3 is 2.10 bits per heavy atom. The van der Waals surface area contributed by atoms with E-state index >= 15 is 0 Å². The van der Waals surface area contributed by atoms with E-state index in [0.29, 0.717) is 6.54 Å². The van der Waals surface area contributed by atoms with E-state index < -0.39 is 0 Å². The zero-order valence-electron chi connectivity index (χ0n) is 7.44. The highest BCUT2D eigenvalue weighted by atomic mass is 15.5. The van der Waals surface area contributed by atoms with Crippen LogP contribution >= 0.6 is 0 Å². The lowest BCUT2D eigenvalue weighted by molar-refractivity contribution is 0.172. The predicted molar refractivity (Wildman–Crippen MR) is 44.6 cm³/mol. The Morgan fingerprint density at radius 2 is 2.00 bits per heavy atom. The molecule has 3 nitrogen and oxygen atoms in total. The van der Waals surface area contributed by atoms with Crippen LogP contribution in [0, 0.1) is 0 Å². The molecular weight excluding hydrogens is 126 g/mol. The summed E-state index contributed by atoms with van der Waals surface area (Å²) in [6.07, 6.45) is 1.04. The Labute approximate surface area is 63.5 Å². The third-order valence-electron chi connectivity index (χ3n) is 1.72. The van der Waals surface area contributed by atoms with Gasteiger partial charge < -0.3 is 5.73 Å². The molecule has 0 aliphatic heterocycles. The molecule has 0 heterocycles. The molecule has 0 aromatic heterocycles. The van der Waals surface area contributed by atoms with Crippen molar-refractivity contribution in [2.45, 2.75) is 25.8 Å². The summed E-state index contributed by atoms with van der Waals surface area (Å²) in [6, 6.07) is 0. The molecule has 0 spiro atoms. The van der Waals surface area contributed by atoms with Crippen LogP contribution in [0.25, 0.3) is 0 Å². The maximum atomic E-state index is 5.58. The van der Waals surface area contributed by atoms with Crippen LogP contribution in [0.3, 0.4) is 0 Å².